The van der Waals surface area contributed by atoms with Crippen LogP contribution < -0.4 is 10.6 Å². The molecule has 0 radical (unpaired) electrons. The van der Waals surface area contributed by atoms with E-state index in [2.05, 4.69) is 36.8 Å². The van der Waals surface area contributed by atoms with E-state index in [-0.39, 0.29) is 18.1 Å². The highest BCUT2D eigenvalue weighted by molar-refractivity contribution is 9.10. The van der Waals surface area contributed by atoms with Gasteiger partial charge in [-0.05, 0) is 54.8 Å². The molecular formula is C16H19BrN4O2. The summed E-state index contributed by atoms with van der Waals surface area (Å²) >= 11 is 3.28. The molecule has 0 fully saturated rings. The van der Waals surface area contributed by atoms with Crippen molar-refractivity contribution in [3.63, 3.8) is 0 Å². The standard InChI is InChI=1S/C16H19BrN4O2/c1-8-5-9(2)14(10(3)6-8)19-12(22)7-18-16(23)15-13(17)11(4)20-21-15/h5-6H,7H2,1-4H3,(H,18,23)(H,19,22)(H,20,21). The Bertz CT molecular complexity index is 744. The largest absolute Gasteiger partial charge is 0.342 e. The Morgan fingerprint density at radius 2 is 1.78 bits per heavy atom. The fraction of sp³-hybridized carbons (Fsp3) is 0.312. The zero-order valence-corrected chi connectivity index (χ0v) is 15.1. The molecule has 6 nitrogen and oxygen atoms in total. The Balaban J connectivity index is 1.98. The molecule has 122 valence electrons. The number of carbonyl (C=O) groups excluding carboxylic acids is 2. The van der Waals surface area contributed by atoms with Crippen molar-refractivity contribution in [2.45, 2.75) is 27.7 Å². The average molecular weight is 379 g/mol. The van der Waals surface area contributed by atoms with Crippen LogP contribution in [-0.4, -0.2) is 28.6 Å². The Hall–Kier alpha value is -2.15. The van der Waals surface area contributed by atoms with Crippen LogP contribution in [0, 0.1) is 27.7 Å². The predicted molar refractivity (Wildman–Crippen MR) is 92.6 cm³/mol. The number of rotatable bonds is 4. The minimum atomic E-state index is -0.409. The van der Waals surface area contributed by atoms with Gasteiger partial charge in [-0.1, -0.05) is 17.7 Å². The number of aryl methyl sites for hydroxylation is 4. The lowest BCUT2D eigenvalue weighted by Gasteiger charge is -2.13. The van der Waals surface area contributed by atoms with Crippen molar-refractivity contribution in [2.24, 2.45) is 0 Å². The number of H-pyrrole nitrogens is 1. The van der Waals surface area contributed by atoms with Gasteiger partial charge in [0.15, 0.2) is 5.69 Å². The molecule has 2 amide bonds. The number of hydrogen-bond donors (Lipinski definition) is 3. The first-order valence-corrected chi connectivity index (χ1v) is 7.95. The van der Waals surface area contributed by atoms with Crippen molar-refractivity contribution in [1.82, 2.24) is 15.5 Å². The minimum absolute atomic E-state index is 0.121. The number of aromatic amines is 1. The maximum Gasteiger partial charge on any atom is 0.273 e. The Labute approximate surface area is 143 Å². The maximum atomic E-state index is 12.1. The third-order valence-electron chi connectivity index (χ3n) is 3.44. The van der Waals surface area contributed by atoms with Crippen LogP contribution in [0.3, 0.4) is 0 Å². The summed E-state index contributed by atoms with van der Waals surface area (Å²) in [5.74, 6) is -0.689. The van der Waals surface area contributed by atoms with Crippen LogP contribution in [0.2, 0.25) is 0 Å². The van der Waals surface area contributed by atoms with E-state index >= 15 is 0 Å². The summed E-state index contributed by atoms with van der Waals surface area (Å²) in [5.41, 5.74) is 4.90. The normalized spacial score (nSPS) is 10.5. The summed E-state index contributed by atoms with van der Waals surface area (Å²) in [7, 11) is 0. The quantitative estimate of drug-likeness (QED) is 0.764. The number of carbonyl (C=O) groups is 2. The maximum absolute atomic E-state index is 12.1. The summed E-state index contributed by atoms with van der Waals surface area (Å²) < 4.78 is 0.598. The number of hydrogen-bond acceptors (Lipinski definition) is 3. The molecule has 1 aromatic heterocycles. The molecule has 2 rings (SSSR count). The molecule has 0 unspecified atom stereocenters. The summed E-state index contributed by atoms with van der Waals surface area (Å²) in [5, 5.41) is 12.0. The zero-order valence-electron chi connectivity index (χ0n) is 13.5. The molecule has 0 spiro atoms. The van der Waals surface area contributed by atoms with Crippen LogP contribution >= 0.6 is 15.9 Å². The Morgan fingerprint density at radius 3 is 2.30 bits per heavy atom. The number of anilines is 1. The van der Waals surface area contributed by atoms with E-state index in [4.69, 9.17) is 0 Å². The lowest BCUT2D eigenvalue weighted by molar-refractivity contribution is -0.115. The molecule has 0 aliphatic rings. The lowest BCUT2D eigenvalue weighted by atomic mass is 10.1. The summed E-state index contributed by atoms with van der Waals surface area (Å²) in [4.78, 5) is 24.1. The minimum Gasteiger partial charge on any atom is -0.342 e. The average Bonchev–Trinajstić information content (AvgIpc) is 2.80. The van der Waals surface area contributed by atoms with Crippen molar-refractivity contribution >= 4 is 33.4 Å². The number of benzene rings is 1. The van der Waals surface area contributed by atoms with E-state index in [9.17, 15) is 9.59 Å². The first kappa shape index (κ1) is 17.2. The van der Waals surface area contributed by atoms with Crippen LogP contribution in [0.25, 0.3) is 0 Å². The SMILES string of the molecule is Cc1cc(C)c(NC(=O)CNC(=O)c2n[nH]c(C)c2Br)c(C)c1. The third-order valence-corrected chi connectivity index (χ3v) is 4.41. The van der Waals surface area contributed by atoms with Gasteiger partial charge in [0, 0.05) is 11.4 Å². The van der Waals surface area contributed by atoms with Crippen LogP contribution in [0.4, 0.5) is 5.69 Å². The van der Waals surface area contributed by atoms with Gasteiger partial charge in [-0.3, -0.25) is 14.7 Å². The summed E-state index contributed by atoms with van der Waals surface area (Å²) in [6, 6.07) is 4.01. The molecule has 0 saturated carbocycles. The number of amides is 2. The molecule has 0 bridgehead atoms. The molecule has 2 aromatic rings. The van der Waals surface area contributed by atoms with E-state index in [0.717, 1.165) is 28.1 Å². The third kappa shape index (κ3) is 3.98. The molecule has 1 aromatic carbocycles. The zero-order chi connectivity index (χ0) is 17.1. The highest BCUT2D eigenvalue weighted by Crippen LogP contribution is 2.21. The molecule has 0 saturated heterocycles. The lowest BCUT2D eigenvalue weighted by Crippen LogP contribution is -2.33. The van der Waals surface area contributed by atoms with Gasteiger partial charge < -0.3 is 10.6 Å². The molecule has 1 heterocycles. The smallest absolute Gasteiger partial charge is 0.273 e. The van der Waals surface area contributed by atoms with Crippen LogP contribution in [-0.2, 0) is 4.79 Å². The van der Waals surface area contributed by atoms with Crippen molar-refractivity contribution < 1.29 is 9.59 Å². The monoisotopic (exact) mass is 378 g/mol. The molecule has 0 aliphatic carbocycles. The summed E-state index contributed by atoms with van der Waals surface area (Å²) in [6.45, 7) is 7.57. The van der Waals surface area contributed by atoms with Gasteiger partial charge >= 0.3 is 0 Å². The molecule has 3 N–H and O–H groups in total. The second-order valence-electron chi connectivity index (χ2n) is 5.52. The topological polar surface area (TPSA) is 86.9 Å². The second-order valence-corrected chi connectivity index (χ2v) is 6.31. The van der Waals surface area contributed by atoms with Crippen LogP contribution in [0.5, 0.6) is 0 Å². The Kier molecular flexibility index (Phi) is 5.20. The first-order valence-electron chi connectivity index (χ1n) is 7.16. The Morgan fingerprint density at radius 1 is 1.17 bits per heavy atom. The van der Waals surface area contributed by atoms with Crippen molar-refractivity contribution in [3.05, 3.63) is 44.7 Å². The number of aromatic nitrogens is 2. The summed E-state index contributed by atoms with van der Waals surface area (Å²) in [6.07, 6.45) is 0. The highest BCUT2D eigenvalue weighted by atomic mass is 79.9. The molecule has 23 heavy (non-hydrogen) atoms. The fourth-order valence-corrected chi connectivity index (χ4v) is 2.73. The van der Waals surface area contributed by atoms with E-state index in [1.165, 1.54) is 0 Å². The number of nitrogens with one attached hydrogen (secondary N) is 3. The fourth-order valence-electron chi connectivity index (χ4n) is 2.37. The van der Waals surface area contributed by atoms with Crippen molar-refractivity contribution in [1.29, 1.82) is 0 Å². The van der Waals surface area contributed by atoms with Gasteiger partial charge in [0.25, 0.3) is 5.91 Å². The van der Waals surface area contributed by atoms with Gasteiger partial charge in [-0.2, -0.15) is 5.10 Å². The van der Waals surface area contributed by atoms with Crippen LogP contribution in [0.15, 0.2) is 16.6 Å². The van der Waals surface area contributed by atoms with Gasteiger partial charge in [0.1, 0.15) is 0 Å². The number of nitrogens with zero attached hydrogens (tertiary/aromatic N) is 1. The van der Waals surface area contributed by atoms with Gasteiger partial charge in [0.2, 0.25) is 5.91 Å². The van der Waals surface area contributed by atoms with Gasteiger partial charge in [-0.25, -0.2) is 0 Å². The van der Waals surface area contributed by atoms with Crippen molar-refractivity contribution in [2.75, 3.05) is 11.9 Å². The number of halogens is 1. The molecule has 7 heteroatoms. The second kappa shape index (κ2) is 6.95. The van der Waals surface area contributed by atoms with Gasteiger partial charge in [-0.15, -0.1) is 0 Å². The van der Waals surface area contributed by atoms with E-state index in [1.807, 2.05) is 32.9 Å². The molecular weight excluding hydrogens is 360 g/mol. The predicted octanol–water partition coefficient (Wildman–Crippen LogP) is 2.77. The van der Waals surface area contributed by atoms with E-state index in [0.29, 0.717) is 4.47 Å². The van der Waals surface area contributed by atoms with E-state index in [1.54, 1.807) is 6.92 Å². The van der Waals surface area contributed by atoms with Crippen molar-refractivity contribution in [3.8, 4) is 0 Å². The van der Waals surface area contributed by atoms with E-state index < -0.39 is 5.91 Å². The molecule has 0 atom stereocenters. The van der Waals surface area contributed by atoms with Gasteiger partial charge in [0.05, 0.1) is 11.0 Å². The molecule has 0 aliphatic heterocycles. The first-order chi connectivity index (χ1) is 10.8. The van der Waals surface area contributed by atoms with Crippen LogP contribution in [0.1, 0.15) is 32.9 Å². The highest BCUT2D eigenvalue weighted by Gasteiger charge is 2.16.